The van der Waals surface area contributed by atoms with Crippen LogP contribution in [0.5, 0.6) is 5.75 Å². The summed E-state index contributed by atoms with van der Waals surface area (Å²) in [6, 6.07) is 6.00. The fourth-order valence-electron chi connectivity index (χ4n) is 5.52. The molecule has 1 aromatic heterocycles. The monoisotopic (exact) mass is 644 g/mol. The van der Waals surface area contributed by atoms with E-state index in [1.54, 1.807) is 16.0 Å². The van der Waals surface area contributed by atoms with E-state index in [0.29, 0.717) is 43.6 Å². The molecule has 2 fully saturated rings. The van der Waals surface area contributed by atoms with E-state index in [9.17, 15) is 9.59 Å². The first-order valence-electron chi connectivity index (χ1n) is 14.6. The van der Waals surface area contributed by atoms with E-state index in [1.807, 2.05) is 53.7 Å². The second-order valence-electron chi connectivity index (χ2n) is 12.9. The van der Waals surface area contributed by atoms with Crippen molar-refractivity contribution in [2.45, 2.75) is 78.1 Å². The van der Waals surface area contributed by atoms with E-state index in [1.165, 1.54) is 0 Å². The number of halogens is 1. The fourth-order valence-corrected chi connectivity index (χ4v) is 6.12. The molecule has 0 bridgehead atoms. The minimum Gasteiger partial charge on any atom is -0.486 e. The Morgan fingerprint density at radius 2 is 1.60 bits per heavy atom. The minimum atomic E-state index is -0.709. The smallest absolute Gasteiger partial charge is 0.420 e. The number of ether oxygens (including phenoxy) is 4. The molecule has 0 N–H and O–H groups in total. The largest absolute Gasteiger partial charge is 0.486 e. The molecule has 10 nitrogen and oxygen atoms in total. The Morgan fingerprint density at radius 3 is 2.24 bits per heavy atom. The van der Waals surface area contributed by atoms with E-state index in [2.05, 4.69) is 26.9 Å². The number of nitrogens with zero attached hydrogens (tertiary/aromatic N) is 4. The van der Waals surface area contributed by atoms with E-state index in [4.69, 9.17) is 23.9 Å². The van der Waals surface area contributed by atoms with Crippen molar-refractivity contribution in [3.8, 4) is 5.75 Å². The number of amides is 2. The summed E-state index contributed by atoms with van der Waals surface area (Å²) in [4.78, 5) is 36.8. The summed E-state index contributed by atoms with van der Waals surface area (Å²) in [7, 11) is 0. The SMILES string of the molecule is CC(C)(C)OC(=O)N1CCC(c2ccc3c(c2)N(C(=O)OC(C)(C)C)c2ncc(Br)c(N4CCOCC4)c2CO3)CC1. The Balaban J connectivity index is 1.49. The zero-order valence-corrected chi connectivity index (χ0v) is 27.0. The summed E-state index contributed by atoms with van der Waals surface area (Å²) >= 11 is 3.70. The van der Waals surface area contributed by atoms with Crippen LogP contribution in [0.1, 0.15) is 71.4 Å². The summed E-state index contributed by atoms with van der Waals surface area (Å²) in [6.45, 7) is 15.3. The van der Waals surface area contributed by atoms with Gasteiger partial charge in [0.05, 0.1) is 34.6 Å². The number of likely N-dealkylation sites (tertiary alicyclic amines) is 1. The van der Waals surface area contributed by atoms with Crippen LogP contribution in [0, 0.1) is 0 Å². The highest BCUT2D eigenvalue weighted by Gasteiger charge is 2.36. The summed E-state index contributed by atoms with van der Waals surface area (Å²) in [5.41, 5.74) is 2.18. The summed E-state index contributed by atoms with van der Waals surface area (Å²) in [5, 5.41) is 0. The Kier molecular flexibility index (Phi) is 8.63. The average Bonchev–Trinajstić information content (AvgIpc) is 3.08. The summed E-state index contributed by atoms with van der Waals surface area (Å²) in [6.07, 6.45) is 2.51. The number of anilines is 3. The molecule has 2 amide bonds. The number of morpholine rings is 1. The van der Waals surface area contributed by atoms with Gasteiger partial charge in [-0.3, -0.25) is 0 Å². The lowest BCUT2D eigenvalue weighted by molar-refractivity contribution is 0.0204. The van der Waals surface area contributed by atoms with Crippen LogP contribution in [-0.2, 0) is 20.8 Å². The van der Waals surface area contributed by atoms with Gasteiger partial charge in [0, 0.05) is 32.4 Å². The van der Waals surface area contributed by atoms with Gasteiger partial charge >= 0.3 is 12.2 Å². The molecule has 0 aliphatic carbocycles. The molecule has 0 atom stereocenters. The third-order valence-electron chi connectivity index (χ3n) is 7.41. The maximum absolute atomic E-state index is 13.9. The number of piperidine rings is 1. The van der Waals surface area contributed by atoms with Crippen LogP contribution in [0.2, 0.25) is 0 Å². The van der Waals surface area contributed by atoms with Crippen molar-refractivity contribution in [1.82, 2.24) is 9.88 Å². The topological polar surface area (TPSA) is 93.7 Å². The van der Waals surface area contributed by atoms with Gasteiger partial charge in [-0.1, -0.05) is 6.07 Å². The van der Waals surface area contributed by atoms with Crippen LogP contribution >= 0.6 is 15.9 Å². The number of carbonyl (C=O) groups excluding carboxylic acids is 2. The third-order valence-corrected chi connectivity index (χ3v) is 7.99. The molecular weight excluding hydrogens is 604 g/mol. The van der Waals surface area contributed by atoms with Crippen molar-refractivity contribution in [3.05, 3.63) is 40.0 Å². The highest BCUT2D eigenvalue weighted by atomic mass is 79.9. The fraction of sp³-hybridized carbons (Fsp3) is 0.581. The number of hydrogen-bond donors (Lipinski definition) is 0. The van der Waals surface area contributed by atoms with Crippen molar-refractivity contribution < 1.29 is 28.5 Å². The van der Waals surface area contributed by atoms with Crippen molar-refractivity contribution in [3.63, 3.8) is 0 Å². The quantitative estimate of drug-likeness (QED) is 0.354. The van der Waals surface area contributed by atoms with E-state index in [-0.39, 0.29) is 18.6 Å². The lowest BCUT2D eigenvalue weighted by atomic mass is 9.89. The molecule has 5 rings (SSSR count). The zero-order chi connectivity index (χ0) is 30.2. The van der Waals surface area contributed by atoms with Gasteiger partial charge in [0.2, 0.25) is 0 Å². The molecule has 0 radical (unpaired) electrons. The predicted octanol–water partition coefficient (Wildman–Crippen LogP) is 6.76. The Labute approximate surface area is 256 Å². The molecule has 11 heteroatoms. The number of pyridine rings is 1. The Hall–Kier alpha value is -3.05. The van der Waals surface area contributed by atoms with Gasteiger partial charge in [-0.05, 0) is 93.9 Å². The number of hydrogen-bond acceptors (Lipinski definition) is 8. The summed E-state index contributed by atoms with van der Waals surface area (Å²) in [5.74, 6) is 1.28. The Bertz CT molecular complexity index is 1320. The normalized spacial score (nSPS) is 18.0. The average molecular weight is 646 g/mol. The van der Waals surface area contributed by atoms with Crippen LogP contribution in [0.3, 0.4) is 0 Å². The maximum atomic E-state index is 13.9. The molecule has 0 spiro atoms. The highest BCUT2D eigenvalue weighted by Crippen LogP contribution is 2.46. The molecule has 42 heavy (non-hydrogen) atoms. The first kappa shape index (κ1) is 30.4. The van der Waals surface area contributed by atoms with Crippen LogP contribution in [-0.4, -0.2) is 72.7 Å². The zero-order valence-electron chi connectivity index (χ0n) is 25.4. The van der Waals surface area contributed by atoms with Crippen molar-refractivity contribution >= 4 is 45.3 Å². The number of carbonyl (C=O) groups is 2. The molecule has 228 valence electrons. The first-order chi connectivity index (χ1) is 19.8. The molecule has 3 aliphatic heterocycles. The Morgan fingerprint density at radius 1 is 0.952 bits per heavy atom. The lowest BCUT2D eigenvalue weighted by Crippen LogP contribution is -2.41. The van der Waals surface area contributed by atoms with Crippen molar-refractivity contribution in [2.75, 3.05) is 49.2 Å². The number of aromatic nitrogens is 1. The highest BCUT2D eigenvalue weighted by molar-refractivity contribution is 9.10. The second kappa shape index (κ2) is 11.9. The lowest BCUT2D eigenvalue weighted by Gasteiger charge is -2.34. The van der Waals surface area contributed by atoms with E-state index < -0.39 is 17.3 Å². The number of rotatable bonds is 2. The van der Waals surface area contributed by atoms with Crippen LogP contribution in [0.15, 0.2) is 28.9 Å². The van der Waals surface area contributed by atoms with Crippen molar-refractivity contribution in [2.24, 2.45) is 0 Å². The maximum Gasteiger partial charge on any atom is 0.420 e. The molecule has 2 saturated heterocycles. The van der Waals surface area contributed by atoms with Gasteiger partial charge in [0.1, 0.15) is 23.6 Å². The van der Waals surface area contributed by atoms with Gasteiger partial charge in [-0.2, -0.15) is 0 Å². The second-order valence-corrected chi connectivity index (χ2v) is 13.8. The predicted molar refractivity (Wildman–Crippen MR) is 164 cm³/mol. The van der Waals surface area contributed by atoms with E-state index in [0.717, 1.165) is 47.2 Å². The van der Waals surface area contributed by atoms with Gasteiger partial charge in [0.25, 0.3) is 0 Å². The first-order valence-corrected chi connectivity index (χ1v) is 15.4. The minimum absolute atomic E-state index is 0.207. The van der Waals surface area contributed by atoms with Gasteiger partial charge < -0.3 is 28.7 Å². The molecule has 4 heterocycles. The van der Waals surface area contributed by atoms with Crippen molar-refractivity contribution in [1.29, 1.82) is 0 Å². The van der Waals surface area contributed by atoms with E-state index >= 15 is 0 Å². The summed E-state index contributed by atoms with van der Waals surface area (Å²) < 4.78 is 24.3. The molecular formula is C31H41BrN4O6. The molecule has 0 saturated carbocycles. The molecule has 2 aromatic rings. The van der Waals surface area contributed by atoms with Gasteiger partial charge in [-0.25, -0.2) is 19.5 Å². The van der Waals surface area contributed by atoms with Gasteiger partial charge in [-0.15, -0.1) is 0 Å². The molecule has 0 unspecified atom stereocenters. The standard InChI is InChI=1S/C31H41BrN4O6/c1-30(2,3)41-28(37)35-11-9-20(10-12-35)21-7-8-25-24(17-21)36(29(38)42-31(4,5)6)27-22(19-40-25)26(23(32)18-33-27)34-13-15-39-16-14-34/h7-8,17-18,20H,9-16,19H2,1-6H3. The molecule has 3 aliphatic rings. The van der Waals surface area contributed by atoms with Crippen LogP contribution in [0.25, 0.3) is 0 Å². The van der Waals surface area contributed by atoms with Gasteiger partial charge in [0.15, 0.2) is 5.82 Å². The van der Waals surface area contributed by atoms with Crippen LogP contribution < -0.4 is 14.5 Å². The van der Waals surface area contributed by atoms with Crippen LogP contribution in [0.4, 0.5) is 26.8 Å². The number of fused-ring (bicyclic) bond motifs is 2. The molecule has 1 aromatic carbocycles. The third kappa shape index (κ3) is 6.78. The number of benzene rings is 1.